The molecule has 1 aliphatic heterocycles. The van der Waals surface area contributed by atoms with Gasteiger partial charge < -0.3 is 15.0 Å². The highest BCUT2D eigenvalue weighted by Gasteiger charge is 2.44. The van der Waals surface area contributed by atoms with Crippen LogP contribution in [0.25, 0.3) is 0 Å². The molecule has 6 heteroatoms. The van der Waals surface area contributed by atoms with Crippen LogP contribution in [-0.2, 0) is 16.0 Å². The van der Waals surface area contributed by atoms with Gasteiger partial charge in [0.15, 0.2) is 0 Å². The summed E-state index contributed by atoms with van der Waals surface area (Å²) in [4.78, 5) is 29.7. The van der Waals surface area contributed by atoms with Crippen molar-refractivity contribution in [3.8, 4) is 0 Å². The number of amides is 2. The number of ether oxygens (including phenoxy) is 1. The van der Waals surface area contributed by atoms with E-state index in [9.17, 15) is 9.59 Å². The normalized spacial score (nSPS) is 17.8. The lowest BCUT2D eigenvalue weighted by Gasteiger charge is -2.41. The van der Waals surface area contributed by atoms with Crippen LogP contribution >= 0.6 is 11.3 Å². The van der Waals surface area contributed by atoms with E-state index in [4.69, 9.17) is 4.74 Å². The van der Waals surface area contributed by atoms with Crippen molar-refractivity contribution in [2.24, 2.45) is 0 Å². The second-order valence-electron chi connectivity index (χ2n) is 8.05. The Hall–Kier alpha value is -2.96. The lowest BCUT2D eigenvalue weighted by molar-refractivity contribution is -0.124. The SMILES string of the molecule is COCCN1C(=O)c2ccccc2[C@@H](C(=O)NCCc2cccc(C)c2)[C@@H]1c1cccs1. The van der Waals surface area contributed by atoms with E-state index in [1.807, 2.05) is 47.8 Å². The number of fused-ring (bicyclic) bond motifs is 1. The number of carbonyl (C=O) groups is 2. The number of thiophene rings is 1. The van der Waals surface area contributed by atoms with Crippen molar-refractivity contribution >= 4 is 23.2 Å². The zero-order valence-corrected chi connectivity index (χ0v) is 19.2. The van der Waals surface area contributed by atoms with Gasteiger partial charge in [-0.3, -0.25) is 9.59 Å². The Morgan fingerprint density at radius 3 is 2.72 bits per heavy atom. The molecule has 0 unspecified atom stereocenters. The second kappa shape index (κ2) is 10.1. The fourth-order valence-electron chi connectivity index (χ4n) is 4.39. The maximum absolute atomic E-state index is 13.6. The average molecular weight is 449 g/mol. The number of hydrogen-bond donors (Lipinski definition) is 1. The predicted molar refractivity (Wildman–Crippen MR) is 127 cm³/mol. The minimum absolute atomic E-state index is 0.0557. The molecule has 1 aromatic heterocycles. The maximum Gasteiger partial charge on any atom is 0.254 e. The Kier molecular flexibility index (Phi) is 7.02. The lowest BCUT2D eigenvalue weighted by Crippen LogP contribution is -2.48. The summed E-state index contributed by atoms with van der Waals surface area (Å²) in [6, 6.07) is 19.4. The molecule has 5 nitrogen and oxygen atoms in total. The molecule has 0 spiro atoms. The van der Waals surface area contributed by atoms with E-state index in [1.54, 1.807) is 23.3 Å². The number of benzene rings is 2. The first kappa shape index (κ1) is 22.2. The van der Waals surface area contributed by atoms with Gasteiger partial charge in [0.25, 0.3) is 5.91 Å². The second-order valence-corrected chi connectivity index (χ2v) is 9.03. The highest BCUT2D eigenvalue weighted by atomic mass is 32.1. The molecule has 1 N–H and O–H groups in total. The third kappa shape index (κ3) is 4.61. The minimum atomic E-state index is -0.475. The zero-order chi connectivity index (χ0) is 22.5. The first-order valence-corrected chi connectivity index (χ1v) is 11.7. The lowest BCUT2D eigenvalue weighted by atomic mass is 9.81. The van der Waals surface area contributed by atoms with Gasteiger partial charge in [-0.15, -0.1) is 11.3 Å². The molecule has 2 atom stereocenters. The molecule has 0 fully saturated rings. The highest BCUT2D eigenvalue weighted by Crippen LogP contribution is 2.44. The Morgan fingerprint density at radius 2 is 1.97 bits per heavy atom. The monoisotopic (exact) mass is 448 g/mol. The van der Waals surface area contributed by atoms with Crippen molar-refractivity contribution in [2.75, 3.05) is 26.8 Å². The van der Waals surface area contributed by atoms with Gasteiger partial charge in [0.05, 0.1) is 18.6 Å². The van der Waals surface area contributed by atoms with Gasteiger partial charge in [-0.05, 0) is 42.0 Å². The van der Waals surface area contributed by atoms with Crippen LogP contribution in [0.3, 0.4) is 0 Å². The Morgan fingerprint density at radius 1 is 1.12 bits per heavy atom. The van der Waals surface area contributed by atoms with Crippen LogP contribution in [0.4, 0.5) is 0 Å². The van der Waals surface area contributed by atoms with Gasteiger partial charge in [0.1, 0.15) is 0 Å². The minimum Gasteiger partial charge on any atom is -0.383 e. The molecule has 0 radical (unpaired) electrons. The maximum atomic E-state index is 13.6. The number of carbonyl (C=O) groups excluding carboxylic acids is 2. The molecule has 3 aromatic rings. The first-order chi connectivity index (χ1) is 15.6. The Bertz CT molecular complexity index is 1080. The van der Waals surface area contributed by atoms with Crippen molar-refractivity contribution in [2.45, 2.75) is 25.3 Å². The van der Waals surface area contributed by atoms with E-state index in [1.165, 1.54) is 11.1 Å². The molecule has 0 saturated heterocycles. The van der Waals surface area contributed by atoms with Crippen LogP contribution in [0.5, 0.6) is 0 Å². The third-order valence-electron chi connectivity index (χ3n) is 5.89. The fraction of sp³-hybridized carbons (Fsp3) is 0.308. The third-order valence-corrected chi connectivity index (χ3v) is 6.83. The molecule has 0 saturated carbocycles. The van der Waals surface area contributed by atoms with E-state index in [0.29, 0.717) is 25.3 Å². The Balaban J connectivity index is 1.63. The summed E-state index contributed by atoms with van der Waals surface area (Å²) in [5.41, 5.74) is 3.79. The summed E-state index contributed by atoms with van der Waals surface area (Å²) in [6.07, 6.45) is 0.762. The fourth-order valence-corrected chi connectivity index (χ4v) is 5.27. The van der Waals surface area contributed by atoms with E-state index in [0.717, 1.165) is 16.9 Å². The number of aryl methyl sites for hydroxylation is 1. The number of methoxy groups -OCH3 is 1. The van der Waals surface area contributed by atoms with Crippen molar-refractivity contribution in [1.29, 1.82) is 0 Å². The number of nitrogens with one attached hydrogen (secondary N) is 1. The smallest absolute Gasteiger partial charge is 0.254 e. The molecule has 2 amide bonds. The van der Waals surface area contributed by atoms with E-state index in [2.05, 4.69) is 30.4 Å². The molecule has 0 bridgehead atoms. The summed E-state index contributed by atoms with van der Waals surface area (Å²) in [5.74, 6) is -0.588. The molecule has 2 aromatic carbocycles. The standard InChI is InChI=1S/C26H28N2O3S/c1-18-7-5-8-19(17-18)12-13-27-25(29)23-20-9-3-4-10-21(20)26(30)28(14-15-31-2)24(23)22-11-6-16-32-22/h3-11,16-17,23-24H,12-15H2,1-2H3,(H,27,29)/t23-,24+/m1/s1. The molecule has 166 valence electrons. The van der Waals surface area contributed by atoms with E-state index < -0.39 is 5.92 Å². The van der Waals surface area contributed by atoms with Gasteiger partial charge >= 0.3 is 0 Å². The van der Waals surface area contributed by atoms with Gasteiger partial charge in [0.2, 0.25) is 5.91 Å². The van der Waals surface area contributed by atoms with Crippen molar-refractivity contribution in [3.63, 3.8) is 0 Å². The van der Waals surface area contributed by atoms with Crippen LogP contribution in [0.15, 0.2) is 66.0 Å². The number of rotatable bonds is 8. The number of hydrogen-bond acceptors (Lipinski definition) is 4. The highest BCUT2D eigenvalue weighted by molar-refractivity contribution is 7.10. The molecule has 4 rings (SSSR count). The van der Waals surface area contributed by atoms with Gasteiger partial charge in [-0.2, -0.15) is 0 Å². The molecular formula is C26H28N2O3S. The average Bonchev–Trinajstić information content (AvgIpc) is 3.33. The molecule has 32 heavy (non-hydrogen) atoms. The largest absolute Gasteiger partial charge is 0.383 e. The summed E-state index contributed by atoms with van der Waals surface area (Å²) < 4.78 is 5.27. The zero-order valence-electron chi connectivity index (χ0n) is 18.4. The quantitative estimate of drug-likeness (QED) is 0.558. The van der Waals surface area contributed by atoms with Crippen LogP contribution in [-0.4, -0.2) is 43.5 Å². The molecule has 0 aliphatic carbocycles. The Labute approximate surface area is 193 Å². The van der Waals surface area contributed by atoms with Crippen LogP contribution in [0.2, 0.25) is 0 Å². The van der Waals surface area contributed by atoms with E-state index in [-0.39, 0.29) is 17.9 Å². The van der Waals surface area contributed by atoms with Gasteiger partial charge in [-0.25, -0.2) is 0 Å². The van der Waals surface area contributed by atoms with Crippen molar-refractivity contribution < 1.29 is 14.3 Å². The van der Waals surface area contributed by atoms with Crippen LogP contribution in [0.1, 0.15) is 43.9 Å². The molecule has 1 aliphatic rings. The van der Waals surface area contributed by atoms with E-state index >= 15 is 0 Å². The summed E-state index contributed by atoms with van der Waals surface area (Å²) >= 11 is 1.57. The van der Waals surface area contributed by atoms with Crippen molar-refractivity contribution in [1.82, 2.24) is 10.2 Å². The topological polar surface area (TPSA) is 58.6 Å². The summed E-state index contributed by atoms with van der Waals surface area (Å²) in [7, 11) is 1.62. The van der Waals surface area contributed by atoms with Crippen LogP contribution in [0, 0.1) is 6.92 Å². The first-order valence-electron chi connectivity index (χ1n) is 10.9. The number of nitrogens with zero attached hydrogens (tertiary/aromatic N) is 1. The summed E-state index contributed by atoms with van der Waals surface area (Å²) in [5, 5.41) is 5.13. The predicted octanol–water partition coefficient (Wildman–Crippen LogP) is 4.34. The molecular weight excluding hydrogens is 420 g/mol. The molecule has 2 heterocycles. The van der Waals surface area contributed by atoms with Gasteiger partial charge in [0, 0.05) is 30.6 Å². The van der Waals surface area contributed by atoms with Crippen molar-refractivity contribution in [3.05, 3.63) is 93.2 Å². The van der Waals surface area contributed by atoms with Crippen LogP contribution < -0.4 is 5.32 Å². The van der Waals surface area contributed by atoms with Gasteiger partial charge in [-0.1, -0.05) is 54.1 Å². The summed E-state index contributed by atoms with van der Waals surface area (Å²) in [6.45, 7) is 3.46.